The highest BCUT2D eigenvalue weighted by atomic mass is 32.1. The van der Waals surface area contributed by atoms with E-state index in [1.165, 1.54) is 0 Å². The van der Waals surface area contributed by atoms with Crippen molar-refractivity contribution < 1.29 is 18.9 Å². The molecule has 0 spiro atoms. The lowest BCUT2D eigenvalue weighted by molar-refractivity contribution is -0.196. The van der Waals surface area contributed by atoms with Gasteiger partial charge in [-0.3, -0.25) is 14.3 Å². The number of nitrogens with zero attached hydrogens (tertiary/aromatic N) is 1. The first kappa shape index (κ1) is 22.2. The first-order valence-corrected chi connectivity index (χ1v) is 11.4. The highest BCUT2D eigenvalue weighted by Crippen LogP contribution is 2.47. The minimum absolute atomic E-state index is 0.210. The topological polar surface area (TPSA) is 74.7 Å². The predicted molar refractivity (Wildman–Crippen MR) is 124 cm³/mol. The van der Waals surface area contributed by atoms with Crippen LogP contribution in [0, 0.1) is 11.7 Å². The van der Waals surface area contributed by atoms with E-state index in [-0.39, 0.29) is 22.5 Å². The molecule has 4 atom stereocenters. The zero-order valence-corrected chi connectivity index (χ0v) is 19.1. The molecule has 1 unspecified atom stereocenters. The smallest absolute Gasteiger partial charge is 0.254 e. The van der Waals surface area contributed by atoms with E-state index < -0.39 is 11.8 Å². The third-order valence-corrected chi connectivity index (χ3v) is 6.44. The highest BCUT2D eigenvalue weighted by molar-refractivity contribution is 7.71. The molecule has 2 aliphatic heterocycles. The molecular formula is C25H26N2O5S. The summed E-state index contributed by atoms with van der Waals surface area (Å²) in [5, 5.41) is 0. The Kier molecular flexibility index (Phi) is 6.27. The van der Waals surface area contributed by atoms with Crippen LogP contribution in [0.1, 0.15) is 22.9 Å². The Morgan fingerprint density at radius 3 is 2.45 bits per heavy atom. The molecule has 7 nitrogen and oxygen atoms in total. The second-order valence-corrected chi connectivity index (χ2v) is 8.91. The van der Waals surface area contributed by atoms with Crippen LogP contribution >= 0.6 is 12.2 Å². The van der Waals surface area contributed by atoms with Gasteiger partial charge in [0.1, 0.15) is 17.8 Å². The van der Waals surface area contributed by atoms with Gasteiger partial charge >= 0.3 is 0 Å². The lowest BCUT2D eigenvalue weighted by Crippen LogP contribution is -2.46. The van der Waals surface area contributed by atoms with Crippen LogP contribution in [-0.4, -0.2) is 40.6 Å². The Morgan fingerprint density at radius 1 is 1.09 bits per heavy atom. The summed E-state index contributed by atoms with van der Waals surface area (Å²) in [4.78, 5) is 14.7. The van der Waals surface area contributed by atoms with Gasteiger partial charge in [0, 0.05) is 11.8 Å². The zero-order chi connectivity index (χ0) is 22.8. The standard InChI is InChI=1S/C25H26N2O5S/c1-17-12-27(24(33)26-22(17)28)23-20-21(30-14-19-10-6-3-7-11-19)25(32-23,16-31-20)15-29-13-18-8-4-2-5-9-18/h2-12,20-21,23H,13-16H2,1H3,(H,26,28,33)/t20-,21?,23+,25-/m0/s1. The number of benzene rings is 2. The van der Waals surface area contributed by atoms with Crippen molar-refractivity contribution in [2.45, 2.75) is 44.2 Å². The minimum Gasteiger partial charge on any atom is -0.374 e. The molecule has 5 rings (SSSR count). The van der Waals surface area contributed by atoms with Gasteiger partial charge < -0.3 is 18.9 Å². The summed E-state index contributed by atoms with van der Waals surface area (Å²) in [7, 11) is 0. The largest absolute Gasteiger partial charge is 0.374 e. The molecular weight excluding hydrogens is 440 g/mol. The van der Waals surface area contributed by atoms with Crippen molar-refractivity contribution in [2.24, 2.45) is 0 Å². The average Bonchev–Trinajstić information content (AvgIpc) is 3.33. The molecule has 0 aliphatic carbocycles. The fourth-order valence-corrected chi connectivity index (χ4v) is 4.67. The van der Waals surface area contributed by atoms with Crippen LogP contribution in [0.3, 0.4) is 0 Å². The van der Waals surface area contributed by atoms with Gasteiger partial charge in [0.15, 0.2) is 11.0 Å². The molecule has 2 aliphatic rings. The summed E-state index contributed by atoms with van der Waals surface area (Å²) in [5.41, 5.74) is 1.71. The number of aryl methyl sites for hydroxylation is 1. The summed E-state index contributed by atoms with van der Waals surface area (Å²) in [6.45, 7) is 3.30. The van der Waals surface area contributed by atoms with Crippen molar-refractivity contribution in [1.82, 2.24) is 9.55 Å². The fourth-order valence-electron chi connectivity index (χ4n) is 4.42. The predicted octanol–water partition coefficient (Wildman–Crippen LogP) is 3.68. The van der Waals surface area contributed by atoms with Crippen molar-refractivity contribution in [2.75, 3.05) is 13.2 Å². The van der Waals surface area contributed by atoms with Crippen molar-refractivity contribution in [3.63, 3.8) is 0 Å². The normalized spacial score (nSPS) is 26.0. The molecule has 0 amide bonds. The molecule has 172 valence electrons. The zero-order valence-electron chi connectivity index (χ0n) is 18.3. The average molecular weight is 467 g/mol. The molecule has 1 N–H and O–H groups in total. The first-order chi connectivity index (χ1) is 16.1. The number of hydrogen-bond donors (Lipinski definition) is 1. The van der Waals surface area contributed by atoms with E-state index in [1.54, 1.807) is 17.7 Å². The SMILES string of the molecule is Cc1cn([C@@H]2O[C@@]3(COCc4ccccc4)CO[C@H]2C3OCc2ccccc2)c(=S)[nH]c1=O. The van der Waals surface area contributed by atoms with E-state index in [2.05, 4.69) is 4.98 Å². The van der Waals surface area contributed by atoms with E-state index in [9.17, 15) is 4.79 Å². The molecule has 2 bridgehead atoms. The summed E-state index contributed by atoms with van der Waals surface area (Å²) in [5.74, 6) is 0. The van der Waals surface area contributed by atoms with E-state index in [0.29, 0.717) is 32.0 Å². The summed E-state index contributed by atoms with van der Waals surface area (Å²) < 4.78 is 27.2. The number of nitrogens with one attached hydrogen (secondary N) is 1. The maximum atomic E-state index is 12.0. The Hall–Kier alpha value is -2.62. The maximum absolute atomic E-state index is 12.0. The third kappa shape index (κ3) is 4.45. The Morgan fingerprint density at radius 2 is 1.76 bits per heavy atom. The van der Waals surface area contributed by atoms with Crippen LogP contribution in [0.2, 0.25) is 0 Å². The molecule has 0 saturated carbocycles. The van der Waals surface area contributed by atoms with Crippen LogP contribution in [-0.2, 0) is 32.2 Å². The van der Waals surface area contributed by atoms with Crippen LogP contribution in [0.25, 0.3) is 0 Å². The van der Waals surface area contributed by atoms with Gasteiger partial charge in [-0.2, -0.15) is 0 Å². The quantitative estimate of drug-likeness (QED) is 0.511. The van der Waals surface area contributed by atoms with Crippen LogP contribution in [0.5, 0.6) is 0 Å². The Bertz CT molecular complexity index is 1210. The van der Waals surface area contributed by atoms with Gasteiger partial charge in [0.05, 0.1) is 26.4 Å². The van der Waals surface area contributed by atoms with Gasteiger partial charge in [0.25, 0.3) is 5.56 Å². The monoisotopic (exact) mass is 466 g/mol. The molecule has 3 heterocycles. The van der Waals surface area contributed by atoms with E-state index in [0.717, 1.165) is 11.1 Å². The van der Waals surface area contributed by atoms with Gasteiger partial charge in [-0.05, 0) is 30.3 Å². The van der Waals surface area contributed by atoms with Gasteiger partial charge in [-0.15, -0.1) is 0 Å². The third-order valence-electron chi connectivity index (χ3n) is 6.12. The lowest BCUT2D eigenvalue weighted by atomic mass is 10.00. The van der Waals surface area contributed by atoms with Gasteiger partial charge in [0.2, 0.25) is 0 Å². The fraction of sp³-hybridized carbons (Fsp3) is 0.360. The molecule has 33 heavy (non-hydrogen) atoms. The van der Waals surface area contributed by atoms with E-state index in [1.807, 2.05) is 60.7 Å². The molecule has 2 saturated heterocycles. The summed E-state index contributed by atoms with van der Waals surface area (Å²) >= 11 is 5.42. The number of hydrogen-bond acceptors (Lipinski definition) is 6. The van der Waals surface area contributed by atoms with E-state index >= 15 is 0 Å². The van der Waals surface area contributed by atoms with Crippen molar-refractivity contribution in [3.8, 4) is 0 Å². The molecule has 0 radical (unpaired) electrons. The van der Waals surface area contributed by atoms with Crippen LogP contribution in [0.15, 0.2) is 71.7 Å². The van der Waals surface area contributed by atoms with Crippen molar-refractivity contribution in [1.29, 1.82) is 0 Å². The minimum atomic E-state index is -0.780. The highest BCUT2D eigenvalue weighted by Gasteiger charge is 2.63. The van der Waals surface area contributed by atoms with Gasteiger partial charge in [-0.25, -0.2) is 0 Å². The van der Waals surface area contributed by atoms with Crippen LogP contribution in [0.4, 0.5) is 0 Å². The van der Waals surface area contributed by atoms with Crippen molar-refractivity contribution in [3.05, 3.63) is 98.7 Å². The molecule has 3 aromatic rings. The summed E-state index contributed by atoms with van der Waals surface area (Å²) in [6.07, 6.45) is 0.449. The second-order valence-electron chi connectivity index (χ2n) is 8.52. The van der Waals surface area contributed by atoms with E-state index in [4.69, 9.17) is 31.2 Å². The van der Waals surface area contributed by atoms with Crippen molar-refractivity contribution >= 4 is 12.2 Å². The molecule has 1 aromatic heterocycles. The number of aromatic amines is 1. The second kappa shape index (κ2) is 9.32. The molecule has 8 heteroatoms. The Balaban J connectivity index is 1.39. The number of rotatable bonds is 8. The maximum Gasteiger partial charge on any atom is 0.254 e. The Labute approximate surface area is 196 Å². The lowest BCUT2D eigenvalue weighted by Gasteiger charge is -2.32. The molecule has 2 fully saturated rings. The van der Waals surface area contributed by atoms with Crippen LogP contribution < -0.4 is 5.56 Å². The number of aromatic nitrogens is 2. The van der Waals surface area contributed by atoms with Gasteiger partial charge in [-0.1, -0.05) is 60.7 Å². The number of ether oxygens (including phenoxy) is 4. The summed E-state index contributed by atoms with van der Waals surface area (Å²) in [6, 6.07) is 20.0. The number of H-pyrrole nitrogens is 1. The number of fused-ring (bicyclic) bond motifs is 2. The molecule has 2 aromatic carbocycles. The first-order valence-electron chi connectivity index (χ1n) is 10.9.